The maximum Gasteiger partial charge on any atom is 0.402 e. The molecule has 0 bridgehead atoms. The lowest BCUT2D eigenvalue weighted by Crippen LogP contribution is -2.60. The summed E-state index contributed by atoms with van der Waals surface area (Å²) in [5.41, 5.74) is -0.455. The molecule has 198 valence electrons. The highest BCUT2D eigenvalue weighted by atomic mass is 16.7. The van der Waals surface area contributed by atoms with Crippen LogP contribution in [0.25, 0.3) is 22.3 Å². The summed E-state index contributed by atoms with van der Waals surface area (Å²) in [6, 6.07) is 4.62. The molecular formula is C24H25O13+. The van der Waals surface area contributed by atoms with Crippen LogP contribution in [-0.4, -0.2) is 91.1 Å². The Morgan fingerprint density at radius 2 is 1.65 bits per heavy atom. The van der Waals surface area contributed by atoms with Gasteiger partial charge in [-0.05, 0) is 6.92 Å². The van der Waals surface area contributed by atoms with Gasteiger partial charge in [-0.25, -0.2) is 4.42 Å². The van der Waals surface area contributed by atoms with Gasteiger partial charge in [0, 0.05) is 18.2 Å². The summed E-state index contributed by atoms with van der Waals surface area (Å²) in [5, 5.41) is 81.1. The van der Waals surface area contributed by atoms with E-state index in [2.05, 4.69) is 0 Å². The number of benzene rings is 2. The van der Waals surface area contributed by atoms with Gasteiger partial charge < -0.3 is 55.1 Å². The van der Waals surface area contributed by atoms with Crippen LogP contribution in [0.5, 0.6) is 34.5 Å². The van der Waals surface area contributed by atoms with E-state index in [9.17, 15) is 45.6 Å². The summed E-state index contributed by atoms with van der Waals surface area (Å²) in [6.07, 6.45) is -8.17. The van der Waals surface area contributed by atoms with E-state index in [0.717, 1.165) is 19.1 Å². The number of carbonyl (C=O) groups is 1. The van der Waals surface area contributed by atoms with Gasteiger partial charge in [0.15, 0.2) is 17.3 Å². The topological polar surface area (TPSA) is 218 Å². The smallest absolute Gasteiger partial charge is 0.402 e. The van der Waals surface area contributed by atoms with Gasteiger partial charge in [0.2, 0.25) is 17.8 Å². The zero-order chi connectivity index (χ0) is 27.2. The second-order valence-electron chi connectivity index (χ2n) is 8.39. The van der Waals surface area contributed by atoms with Crippen LogP contribution < -0.4 is 9.47 Å². The van der Waals surface area contributed by atoms with E-state index < -0.39 is 71.7 Å². The minimum Gasteiger partial charge on any atom is -0.507 e. The fourth-order valence-corrected chi connectivity index (χ4v) is 4.03. The number of ketones is 1. The number of carbonyl (C=O) groups excluding carboxylic acids is 1. The van der Waals surface area contributed by atoms with Crippen molar-refractivity contribution in [3.8, 4) is 45.8 Å². The zero-order valence-corrected chi connectivity index (χ0v) is 19.5. The normalized spacial score (nSPS) is 23.7. The van der Waals surface area contributed by atoms with Crippen molar-refractivity contribution < 1.29 is 64.3 Å². The predicted octanol–water partition coefficient (Wildman–Crippen LogP) is 0.593. The van der Waals surface area contributed by atoms with Crippen LogP contribution in [0, 0.1) is 0 Å². The molecule has 1 aliphatic rings. The van der Waals surface area contributed by atoms with Crippen molar-refractivity contribution in [2.24, 2.45) is 0 Å². The Morgan fingerprint density at radius 3 is 2.27 bits per heavy atom. The lowest BCUT2D eigenvalue weighted by atomic mass is 9.99. The average Bonchev–Trinajstić information content (AvgIpc) is 2.85. The first-order chi connectivity index (χ1) is 17.5. The molecule has 0 radical (unpaired) electrons. The Kier molecular flexibility index (Phi) is 6.99. The second kappa shape index (κ2) is 9.88. The maximum absolute atomic E-state index is 12.0. The van der Waals surface area contributed by atoms with E-state index in [4.69, 9.17) is 18.6 Å². The Labute approximate surface area is 208 Å². The molecule has 2 heterocycles. The summed E-state index contributed by atoms with van der Waals surface area (Å²) < 4.78 is 22.0. The fourth-order valence-electron chi connectivity index (χ4n) is 4.03. The number of ether oxygens (including phenoxy) is 3. The van der Waals surface area contributed by atoms with Crippen LogP contribution in [0.3, 0.4) is 0 Å². The molecule has 3 aromatic rings. The van der Waals surface area contributed by atoms with Crippen LogP contribution in [0.4, 0.5) is 0 Å². The number of Topliss-reactive ketones (excluding diaryl/α,β-unsaturated/α-hetero) is 1. The summed E-state index contributed by atoms with van der Waals surface area (Å²) in [6.45, 7) is 0.411. The average molecular weight is 521 g/mol. The summed E-state index contributed by atoms with van der Waals surface area (Å²) in [7, 11) is 1.24. The van der Waals surface area contributed by atoms with Crippen LogP contribution >= 0.6 is 0 Å². The molecule has 37 heavy (non-hydrogen) atoms. The number of aliphatic hydroxyl groups is 4. The molecule has 0 saturated carbocycles. The number of hydrogen-bond donors (Lipinski definition) is 8. The number of rotatable bonds is 6. The third-order valence-electron chi connectivity index (χ3n) is 5.97. The van der Waals surface area contributed by atoms with E-state index in [-0.39, 0.29) is 33.8 Å². The van der Waals surface area contributed by atoms with Crippen LogP contribution in [0.15, 0.2) is 28.7 Å². The number of phenols is 4. The van der Waals surface area contributed by atoms with E-state index >= 15 is 0 Å². The van der Waals surface area contributed by atoms with Crippen molar-refractivity contribution in [1.29, 1.82) is 0 Å². The molecule has 5 atom stereocenters. The van der Waals surface area contributed by atoms with Gasteiger partial charge in [0.25, 0.3) is 0 Å². The number of aromatic hydroxyl groups is 4. The largest absolute Gasteiger partial charge is 0.507 e. The summed E-state index contributed by atoms with van der Waals surface area (Å²) in [5.74, 6) is -3.62. The number of phenolic OH excluding ortho intramolecular Hbond substituents is 4. The van der Waals surface area contributed by atoms with Crippen LogP contribution in [-0.2, 0) is 4.74 Å². The van der Waals surface area contributed by atoms with Gasteiger partial charge in [-0.3, -0.25) is 4.79 Å². The maximum atomic E-state index is 12.0. The number of aliphatic hydroxyl groups excluding tert-OH is 4. The van der Waals surface area contributed by atoms with Crippen molar-refractivity contribution in [2.45, 2.75) is 37.6 Å². The number of hydrogen-bond acceptors (Lipinski definition) is 12. The van der Waals surface area contributed by atoms with E-state index in [1.165, 1.54) is 19.2 Å². The van der Waals surface area contributed by atoms with Gasteiger partial charge >= 0.3 is 11.3 Å². The molecule has 0 amide bonds. The minimum atomic E-state index is -1.80. The van der Waals surface area contributed by atoms with Gasteiger partial charge in [-0.15, -0.1) is 0 Å². The Morgan fingerprint density at radius 1 is 0.946 bits per heavy atom. The Balaban J connectivity index is 1.94. The number of methoxy groups -OCH3 is 1. The van der Waals surface area contributed by atoms with Gasteiger partial charge in [0.1, 0.15) is 46.9 Å². The molecule has 8 N–H and O–H groups in total. The lowest BCUT2D eigenvalue weighted by molar-refractivity contribution is -0.277. The fraction of sp³-hybridized carbons (Fsp3) is 0.333. The summed E-state index contributed by atoms with van der Waals surface area (Å²) >= 11 is 0. The highest BCUT2D eigenvalue weighted by Gasteiger charge is 2.45. The Bertz CT molecular complexity index is 1350. The van der Waals surface area contributed by atoms with Gasteiger partial charge in [0.05, 0.1) is 25.3 Å². The van der Waals surface area contributed by atoms with Crippen molar-refractivity contribution in [3.05, 3.63) is 29.8 Å². The minimum absolute atomic E-state index is 0.0586. The molecule has 13 heteroatoms. The van der Waals surface area contributed by atoms with E-state index in [0.29, 0.717) is 0 Å². The molecule has 1 fully saturated rings. The highest BCUT2D eigenvalue weighted by Crippen LogP contribution is 2.46. The van der Waals surface area contributed by atoms with Crippen LogP contribution in [0.2, 0.25) is 0 Å². The lowest BCUT2D eigenvalue weighted by Gasteiger charge is -2.39. The SMILES string of the molecule is COc1cc(-c2[o+]c3cc(O)c(C(C)=O)c(O)c3cc2O[C@H]2O[C@@H](CO)[C@H](O)[C@@H](O)[C@@H]2O)cc(O)c1O. The number of fused-ring (bicyclic) bond motifs is 1. The molecular weight excluding hydrogens is 496 g/mol. The van der Waals surface area contributed by atoms with Crippen molar-refractivity contribution in [1.82, 2.24) is 0 Å². The third kappa shape index (κ3) is 4.54. The summed E-state index contributed by atoms with van der Waals surface area (Å²) in [4.78, 5) is 12.0. The quantitative estimate of drug-likeness (QED) is 0.127. The third-order valence-corrected chi connectivity index (χ3v) is 5.97. The molecule has 2 aromatic carbocycles. The van der Waals surface area contributed by atoms with E-state index in [1.54, 1.807) is 0 Å². The van der Waals surface area contributed by atoms with Crippen molar-refractivity contribution >= 4 is 16.8 Å². The molecule has 1 aliphatic heterocycles. The van der Waals surface area contributed by atoms with Crippen molar-refractivity contribution in [3.63, 3.8) is 0 Å². The predicted molar refractivity (Wildman–Crippen MR) is 124 cm³/mol. The molecule has 0 unspecified atom stereocenters. The standard InChI is InChI=1S/C24H24O13/c1-8(26)17-11(27)6-13-10(18(17)29)5-15(36-24-22(33)21(32)20(31)16(7-25)37-24)23(35-13)9-3-12(28)19(30)14(4-9)34-2/h3-6,16,20-22,24-25,31-33H,7H2,1-2H3,(H3-,26,27,28,29,30)/p+1/t16-,20-,21+,22-,24-/m0/s1. The second-order valence-corrected chi connectivity index (χ2v) is 8.39. The first-order valence-corrected chi connectivity index (χ1v) is 10.9. The highest BCUT2D eigenvalue weighted by molar-refractivity contribution is 6.05. The molecule has 4 rings (SSSR count). The molecule has 1 saturated heterocycles. The van der Waals surface area contributed by atoms with Crippen molar-refractivity contribution in [2.75, 3.05) is 13.7 Å². The molecule has 1 aromatic heterocycles. The monoisotopic (exact) mass is 521 g/mol. The van der Waals surface area contributed by atoms with Crippen LogP contribution in [0.1, 0.15) is 17.3 Å². The molecule has 0 spiro atoms. The first kappa shape index (κ1) is 26.2. The molecule has 0 aliphatic carbocycles. The van der Waals surface area contributed by atoms with E-state index in [1.807, 2.05) is 0 Å². The van der Waals surface area contributed by atoms with Gasteiger partial charge in [-0.2, -0.15) is 0 Å². The zero-order valence-electron chi connectivity index (χ0n) is 19.5. The van der Waals surface area contributed by atoms with Gasteiger partial charge in [-0.1, -0.05) is 0 Å². The molecule has 13 nitrogen and oxygen atoms in total. The Hall–Kier alpha value is -3.88. The first-order valence-electron chi connectivity index (χ1n) is 10.9.